The summed E-state index contributed by atoms with van der Waals surface area (Å²) in [5.74, 6) is 0.143. The average molecular weight is 241 g/mol. The Bertz CT molecular complexity index is 565. The molecule has 0 saturated heterocycles. The summed E-state index contributed by atoms with van der Waals surface area (Å²) in [6.07, 6.45) is 0.756. The van der Waals surface area contributed by atoms with Crippen LogP contribution in [-0.2, 0) is 0 Å². The van der Waals surface area contributed by atoms with Crippen molar-refractivity contribution in [3.8, 4) is 0 Å². The van der Waals surface area contributed by atoms with Gasteiger partial charge in [0.1, 0.15) is 0 Å². The summed E-state index contributed by atoms with van der Waals surface area (Å²) < 4.78 is 0. The Morgan fingerprint density at radius 3 is 2.50 bits per heavy atom. The number of Topliss-reactive ketones (excluding diaryl/α,β-unsaturated/α-hetero) is 1. The van der Waals surface area contributed by atoms with Gasteiger partial charge in [-0.1, -0.05) is 56.3 Å². The molecule has 0 spiro atoms. The van der Waals surface area contributed by atoms with Crippen molar-refractivity contribution < 1.29 is 4.79 Å². The molecule has 2 aromatic carbocycles. The Morgan fingerprint density at radius 1 is 1.17 bits per heavy atom. The molecule has 1 unspecified atom stereocenters. The fraction of sp³-hybridized carbons (Fsp3) is 0.312. The number of carbonyl (C=O) groups is 1. The molecule has 0 saturated carbocycles. The Labute approximate surface area is 108 Å². The molecule has 0 aliphatic carbocycles. The van der Waals surface area contributed by atoms with Crippen LogP contribution >= 0.6 is 0 Å². The zero-order chi connectivity index (χ0) is 13.2. The van der Waals surface area contributed by atoms with E-state index in [1.165, 1.54) is 0 Å². The second kappa shape index (κ2) is 4.91. The van der Waals surface area contributed by atoms with Crippen LogP contribution in [0.4, 0.5) is 0 Å². The van der Waals surface area contributed by atoms with E-state index < -0.39 is 5.41 Å². The molecule has 0 aliphatic rings. The number of benzene rings is 2. The van der Waals surface area contributed by atoms with Gasteiger partial charge in [-0.05, 0) is 17.2 Å². The van der Waals surface area contributed by atoms with Gasteiger partial charge in [0.05, 0.1) is 0 Å². The van der Waals surface area contributed by atoms with Gasteiger partial charge in [-0.25, -0.2) is 0 Å². The molecular weight excluding hydrogens is 222 g/mol. The van der Waals surface area contributed by atoms with Crippen LogP contribution in [0, 0.1) is 5.41 Å². The maximum atomic E-state index is 12.7. The summed E-state index contributed by atoms with van der Waals surface area (Å²) in [4.78, 5) is 12.7. The van der Waals surface area contributed by atoms with E-state index in [9.17, 15) is 4.79 Å². The summed E-state index contributed by atoms with van der Waals surface area (Å²) in [7, 11) is 0. The molecular formula is C16H19NO. The zero-order valence-corrected chi connectivity index (χ0v) is 10.9. The maximum absolute atomic E-state index is 12.7. The summed E-state index contributed by atoms with van der Waals surface area (Å²) in [6, 6.07) is 13.8. The van der Waals surface area contributed by atoms with Gasteiger partial charge in [-0.15, -0.1) is 0 Å². The number of nitrogens with two attached hydrogens (primary N) is 1. The van der Waals surface area contributed by atoms with Gasteiger partial charge in [0.25, 0.3) is 0 Å². The first kappa shape index (κ1) is 12.8. The normalized spacial score (nSPS) is 14.4. The lowest BCUT2D eigenvalue weighted by Crippen LogP contribution is -2.35. The number of hydrogen-bond donors (Lipinski definition) is 1. The minimum absolute atomic E-state index is 0.143. The first-order valence-corrected chi connectivity index (χ1v) is 6.35. The summed E-state index contributed by atoms with van der Waals surface area (Å²) in [6.45, 7) is 4.33. The van der Waals surface area contributed by atoms with E-state index in [0.29, 0.717) is 6.54 Å². The van der Waals surface area contributed by atoms with Crippen molar-refractivity contribution in [2.24, 2.45) is 11.1 Å². The van der Waals surface area contributed by atoms with Crippen LogP contribution in [-0.4, -0.2) is 12.3 Å². The molecule has 0 aromatic heterocycles. The van der Waals surface area contributed by atoms with Crippen molar-refractivity contribution in [3.05, 3.63) is 48.0 Å². The molecule has 2 nitrogen and oxygen atoms in total. The lowest BCUT2D eigenvalue weighted by Gasteiger charge is -2.25. The molecule has 0 heterocycles. The zero-order valence-electron chi connectivity index (χ0n) is 10.9. The molecule has 1 atom stereocenters. The molecule has 0 radical (unpaired) electrons. The lowest BCUT2D eigenvalue weighted by molar-refractivity contribution is 0.0822. The largest absolute Gasteiger partial charge is 0.329 e. The van der Waals surface area contributed by atoms with Crippen molar-refractivity contribution in [1.82, 2.24) is 0 Å². The predicted molar refractivity (Wildman–Crippen MR) is 75.7 cm³/mol. The molecule has 0 aliphatic heterocycles. The Morgan fingerprint density at radius 2 is 1.83 bits per heavy atom. The molecule has 0 fully saturated rings. The predicted octanol–water partition coefficient (Wildman–Crippen LogP) is 3.40. The van der Waals surface area contributed by atoms with E-state index in [1.807, 2.05) is 56.3 Å². The topological polar surface area (TPSA) is 43.1 Å². The number of rotatable bonds is 4. The summed E-state index contributed by atoms with van der Waals surface area (Å²) in [5, 5.41) is 2.11. The van der Waals surface area contributed by atoms with Gasteiger partial charge in [-0.3, -0.25) is 4.79 Å². The van der Waals surface area contributed by atoms with Gasteiger partial charge in [0, 0.05) is 17.5 Å². The number of carbonyl (C=O) groups excluding carboxylic acids is 1. The third-order valence-corrected chi connectivity index (χ3v) is 3.81. The fourth-order valence-corrected chi connectivity index (χ4v) is 2.15. The van der Waals surface area contributed by atoms with Gasteiger partial charge < -0.3 is 5.73 Å². The number of fused-ring (bicyclic) bond motifs is 1. The Kier molecular flexibility index (Phi) is 3.48. The molecule has 2 N–H and O–H groups in total. The SMILES string of the molecule is CCC(C)(CN)C(=O)c1cccc2ccccc12. The van der Waals surface area contributed by atoms with Crippen LogP contribution in [0.5, 0.6) is 0 Å². The molecule has 0 amide bonds. The smallest absolute Gasteiger partial charge is 0.170 e. The molecule has 0 bridgehead atoms. The number of ketones is 1. The van der Waals surface area contributed by atoms with Crippen molar-refractivity contribution >= 4 is 16.6 Å². The van der Waals surface area contributed by atoms with E-state index in [-0.39, 0.29) is 5.78 Å². The van der Waals surface area contributed by atoms with Crippen molar-refractivity contribution in [3.63, 3.8) is 0 Å². The van der Waals surface area contributed by atoms with E-state index >= 15 is 0 Å². The minimum atomic E-state index is -0.468. The fourth-order valence-electron chi connectivity index (χ4n) is 2.15. The van der Waals surface area contributed by atoms with Crippen LogP contribution in [0.25, 0.3) is 10.8 Å². The monoisotopic (exact) mass is 241 g/mol. The maximum Gasteiger partial charge on any atom is 0.170 e. The van der Waals surface area contributed by atoms with E-state index in [1.54, 1.807) is 0 Å². The van der Waals surface area contributed by atoms with Gasteiger partial charge in [0.15, 0.2) is 5.78 Å². The van der Waals surface area contributed by atoms with Gasteiger partial charge in [0.2, 0.25) is 0 Å². The standard InChI is InChI=1S/C16H19NO/c1-3-16(2,11-17)15(18)14-10-6-8-12-7-4-5-9-13(12)14/h4-10H,3,11,17H2,1-2H3. The third kappa shape index (κ3) is 2.04. The van der Waals surface area contributed by atoms with Crippen LogP contribution < -0.4 is 5.73 Å². The molecule has 2 heteroatoms. The highest BCUT2D eigenvalue weighted by Crippen LogP contribution is 2.29. The molecule has 2 aromatic rings. The van der Waals surface area contributed by atoms with Crippen LogP contribution in [0.3, 0.4) is 0 Å². The average Bonchev–Trinajstić information content (AvgIpc) is 2.45. The molecule has 94 valence electrons. The van der Waals surface area contributed by atoms with Crippen LogP contribution in [0.15, 0.2) is 42.5 Å². The van der Waals surface area contributed by atoms with E-state index in [0.717, 1.165) is 22.8 Å². The third-order valence-electron chi connectivity index (χ3n) is 3.81. The Balaban J connectivity index is 2.58. The second-order valence-electron chi connectivity index (χ2n) is 4.97. The first-order valence-electron chi connectivity index (χ1n) is 6.35. The summed E-state index contributed by atoms with van der Waals surface area (Å²) in [5.41, 5.74) is 6.09. The van der Waals surface area contributed by atoms with E-state index in [2.05, 4.69) is 0 Å². The second-order valence-corrected chi connectivity index (χ2v) is 4.97. The highest BCUT2D eigenvalue weighted by atomic mass is 16.1. The molecule has 2 rings (SSSR count). The summed E-state index contributed by atoms with van der Waals surface area (Å²) >= 11 is 0. The van der Waals surface area contributed by atoms with Crippen molar-refractivity contribution in [2.75, 3.05) is 6.54 Å². The quantitative estimate of drug-likeness (QED) is 0.834. The lowest BCUT2D eigenvalue weighted by atomic mass is 9.79. The van der Waals surface area contributed by atoms with Crippen molar-refractivity contribution in [1.29, 1.82) is 0 Å². The van der Waals surface area contributed by atoms with E-state index in [4.69, 9.17) is 5.73 Å². The highest BCUT2D eigenvalue weighted by molar-refractivity contribution is 6.10. The highest BCUT2D eigenvalue weighted by Gasteiger charge is 2.31. The van der Waals surface area contributed by atoms with Gasteiger partial charge >= 0.3 is 0 Å². The molecule has 18 heavy (non-hydrogen) atoms. The van der Waals surface area contributed by atoms with Gasteiger partial charge in [-0.2, -0.15) is 0 Å². The Hall–Kier alpha value is -1.67. The first-order chi connectivity index (χ1) is 8.62. The number of hydrogen-bond acceptors (Lipinski definition) is 2. The van der Waals surface area contributed by atoms with Crippen LogP contribution in [0.2, 0.25) is 0 Å². The minimum Gasteiger partial charge on any atom is -0.329 e. The van der Waals surface area contributed by atoms with Crippen molar-refractivity contribution in [2.45, 2.75) is 20.3 Å². The van der Waals surface area contributed by atoms with Crippen LogP contribution in [0.1, 0.15) is 30.6 Å².